The third-order valence-corrected chi connectivity index (χ3v) is 2.72. The maximum Gasteiger partial charge on any atom is 0.0877 e. The van der Waals surface area contributed by atoms with Crippen molar-refractivity contribution in [1.29, 1.82) is 0 Å². The highest BCUT2D eigenvalue weighted by molar-refractivity contribution is 6.31. The van der Waals surface area contributed by atoms with E-state index in [-0.39, 0.29) is 6.04 Å². The molecule has 4 nitrogen and oxygen atoms in total. The highest BCUT2D eigenvalue weighted by Crippen LogP contribution is 2.16. The van der Waals surface area contributed by atoms with Gasteiger partial charge in [-0.3, -0.25) is 4.68 Å². The lowest BCUT2D eigenvalue weighted by Gasteiger charge is -2.18. The van der Waals surface area contributed by atoms with Gasteiger partial charge in [0.1, 0.15) is 0 Å². The molecule has 1 heterocycles. The number of nitrogens with one attached hydrogen (secondary N) is 1. The number of halogens is 1. The summed E-state index contributed by atoms with van der Waals surface area (Å²) in [5.74, 6) is 0. The molecule has 0 saturated heterocycles. The van der Waals surface area contributed by atoms with Crippen molar-refractivity contribution in [3.05, 3.63) is 16.9 Å². The molecule has 16 heavy (non-hydrogen) atoms. The molecule has 1 aromatic rings. The number of methoxy groups -OCH3 is 1. The number of hydrogen-bond acceptors (Lipinski definition) is 3. The Kier molecular flexibility index (Phi) is 5.25. The Labute approximate surface area is 102 Å². The topological polar surface area (TPSA) is 39.1 Å². The van der Waals surface area contributed by atoms with E-state index < -0.39 is 0 Å². The molecular weight excluding hydrogens is 226 g/mol. The Hall–Kier alpha value is -0.580. The number of nitrogens with zero attached hydrogens (tertiary/aromatic N) is 2. The third-order valence-electron chi connectivity index (χ3n) is 2.35. The summed E-state index contributed by atoms with van der Waals surface area (Å²) >= 11 is 5.99. The number of aromatic nitrogens is 2. The molecule has 1 rings (SSSR count). The molecule has 0 saturated carbocycles. The van der Waals surface area contributed by atoms with Crippen LogP contribution in [0.5, 0.6) is 0 Å². The smallest absolute Gasteiger partial charge is 0.0877 e. The summed E-state index contributed by atoms with van der Waals surface area (Å²) in [6.07, 6.45) is 1.85. The molecule has 0 aliphatic rings. The fourth-order valence-corrected chi connectivity index (χ4v) is 1.58. The second-order valence-electron chi connectivity index (χ2n) is 4.21. The zero-order chi connectivity index (χ0) is 12.1. The first kappa shape index (κ1) is 13.5. The van der Waals surface area contributed by atoms with Crippen LogP contribution in [0.4, 0.5) is 0 Å². The molecule has 0 aliphatic carbocycles. The SMILES string of the molecule is COCC(CNC(C)C)n1cc(Cl)c(C)n1. The minimum Gasteiger partial charge on any atom is -0.382 e. The Bertz CT molecular complexity index is 306. The molecule has 0 radical (unpaired) electrons. The highest BCUT2D eigenvalue weighted by Gasteiger charge is 2.14. The monoisotopic (exact) mass is 245 g/mol. The van der Waals surface area contributed by atoms with Gasteiger partial charge in [-0.2, -0.15) is 5.10 Å². The molecule has 0 bridgehead atoms. The second kappa shape index (κ2) is 6.23. The van der Waals surface area contributed by atoms with Crippen LogP contribution in [0.25, 0.3) is 0 Å². The fraction of sp³-hybridized carbons (Fsp3) is 0.727. The fourth-order valence-electron chi connectivity index (χ4n) is 1.44. The summed E-state index contributed by atoms with van der Waals surface area (Å²) in [5.41, 5.74) is 0.854. The van der Waals surface area contributed by atoms with Gasteiger partial charge in [-0.15, -0.1) is 0 Å². The minimum atomic E-state index is 0.179. The molecule has 0 amide bonds. The summed E-state index contributed by atoms with van der Waals surface area (Å²) in [5, 5.41) is 8.45. The maximum atomic E-state index is 5.99. The largest absolute Gasteiger partial charge is 0.382 e. The molecule has 0 aromatic carbocycles. The quantitative estimate of drug-likeness (QED) is 0.834. The summed E-state index contributed by atoms with van der Waals surface area (Å²) in [4.78, 5) is 0. The number of rotatable bonds is 6. The molecular formula is C11H20ClN3O. The Morgan fingerprint density at radius 1 is 1.56 bits per heavy atom. The normalized spacial score (nSPS) is 13.4. The number of hydrogen-bond donors (Lipinski definition) is 1. The lowest BCUT2D eigenvalue weighted by Crippen LogP contribution is -2.32. The third kappa shape index (κ3) is 3.77. The zero-order valence-corrected chi connectivity index (χ0v) is 11.1. The molecule has 0 aliphatic heterocycles. The Morgan fingerprint density at radius 3 is 2.69 bits per heavy atom. The van der Waals surface area contributed by atoms with Crippen LogP contribution in [-0.2, 0) is 4.74 Å². The van der Waals surface area contributed by atoms with E-state index in [9.17, 15) is 0 Å². The molecule has 1 atom stereocenters. The van der Waals surface area contributed by atoms with Crippen LogP contribution >= 0.6 is 11.6 Å². The van der Waals surface area contributed by atoms with Crippen LogP contribution in [0.3, 0.4) is 0 Å². The predicted molar refractivity (Wildman–Crippen MR) is 66.0 cm³/mol. The van der Waals surface area contributed by atoms with Crippen molar-refractivity contribution >= 4 is 11.6 Å². The molecule has 0 spiro atoms. The highest BCUT2D eigenvalue weighted by atomic mass is 35.5. The van der Waals surface area contributed by atoms with Gasteiger partial charge < -0.3 is 10.1 Å². The standard InChI is InChI=1S/C11H20ClN3O/c1-8(2)13-5-10(7-16-4)15-6-11(12)9(3)14-15/h6,8,10,13H,5,7H2,1-4H3. The van der Waals surface area contributed by atoms with Gasteiger partial charge in [0.2, 0.25) is 0 Å². The van der Waals surface area contributed by atoms with Gasteiger partial charge in [-0.05, 0) is 6.92 Å². The summed E-state index contributed by atoms with van der Waals surface area (Å²) in [6.45, 7) is 7.58. The van der Waals surface area contributed by atoms with Gasteiger partial charge in [0, 0.05) is 25.9 Å². The van der Waals surface area contributed by atoms with Crippen molar-refractivity contribution in [3.63, 3.8) is 0 Å². The van der Waals surface area contributed by atoms with Gasteiger partial charge in [0.25, 0.3) is 0 Å². The van der Waals surface area contributed by atoms with Crippen LogP contribution in [-0.4, -0.2) is 36.1 Å². The van der Waals surface area contributed by atoms with E-state index in [1.165, 1.54) is 0 Å². The van der Waals surface area contributed by atoms with Crippen molar-refractivity contribution in [1.82, 2.24) is 15.1 Å². The van der Waals surface area contributed by atoms with Gasteiger partial charge in [0.05, 0.1) is 23.4 Å². The van der Waals surface area contributed by atoms with E-state index >= 15 is 0 Å². The van der Waals surface area contributed by atoms with Crippen molar-refractivity contribution in [2.24, 2.45) is 0 Å². The van der Waals surface area contributed by atoms with Gasteiger partial charge in [0.15, 0.2) is 0 Å². The van der Waals surface area contributed by atoms with Gasteiger partial charge >= 0.3 is 0 Å². The van der Waals surface area contributed by atoms with E-state index in [4.69, 9.17) is 16.3 Å². The lowest BCUT2D eigenvalue weighted by molar-refractivity contribution is 0.147. The summed E-state index contributed by atoms with van der Waals surface area (Å²) in [6, 6.07) is 0.630. The molecule has 1 N–H and O–H groups in total. The second-order valence-corrected chi connectivity index (χ2v) is 4.62. The average Bonchev–Trinajstić information content (AvgIpc) is 2.53. The van der Waals surface area contributed by atoms with Crippen LogP contribution in [0, 0.1) is 6.92 Å². The molecule has 0 fully saturated rings. The first-order valence-corrected chi connectivity index (χ1v) is 5.86. The Morgan fingerprint density at radius 2 is 2.25 bits per heavy atom. The van der Waals surface area contributed by atoms with E-state index in [1.807, 2.05) is 17.8 Å². The van der Waals surface area contributed by atoms with Gasteiger partial charge in [-0.1, -0.05) is 25.4 Å². The van der Waals surface area contributed by atoms with Gasteiger partial charge in [-0.25, -0.2) is 0 Å². The first-order valence-electron chi connectivity index (χ1n) is 5.48. The van der Waals surface area contributed by atoms with Crippen molar-refractivity contribution < 1.29 is 4.74 Å². The van der Waals surface area contributed by atoms with Crippen molar-refractivity contribution in [3.8, 4) is 0 Å². The first-order chi connectivity index (χ1) is 7.54. The summed E-state index contributed by atoms with van der Waals surface area (Å²) < 4.78 is 7.07. The summed E-state index contributed by atoms with van der Waals surface area (Å²) in [7, 11) is 1.69. The van der Waals surface area contributed by atoms with Crippen molar-refractivity contribution in [2.75, 3.05) is 20.3 Å². The lowest BCUT2D eigenvalue weighted by atomic mass is 10.3. The predicted octanol–water partition coefficient (Wildman–Crippen LogP) is 2.03. The average molecular weight is 246 g/mol. The Balaban J connectivity index is 2.68. The maximum absolute atomic E-state index is 5.99. The minimum absolute atomic E-state index is 0.179. The van der Waals surface area contributed by atoms with Crippen molar-refractivity contribution in [2.45, 2.75) is 32.9 Å². The molecule has 1 unspecified atom stereocenters. The van der Waals surface area contributed by atoms with Crippen LogP contribution in [0.15, 0.2) is 6.20 Å². The number of aryl methyl sites for hydroxylation is 1. The van der Waals surface area contributed by atoms with E-state index in [0.717, 1.165) is 12.2 Å². The van der Waals surface area contributed by atoms with E-state index in [1.54, 1.807) is 7.11 Å². The number of ether oxygens (including phenoxy) is 1. The van der Waals surface area contributed by atoms with Crippen LogP contribution in [0.2, 0.25) is 5.02 Å². The van der Waals surface area contributed by atoms with E-state index in [2.05, 4.69) is 24.3 Å². The molecule has 92 valence electrons. The van der Waals surface area contributed by atoms with Crippen LogP contribution < -0.4 is 5.32 Å². The molecule has 5 heteroatoms. The zero-order valence-electron chi connectivity index (χ0n) is 10.3. The van der Waals surface area contributed by atoms with E-state index in [0.29, 0.717) is 17.7 Å². The molecule has 1 aromatic heterocycles. The van der Waals surface area contributed by atoms with Crippen LogP contribution in [0.1, 0.15) is 25.6 Å².